The summed E-state index contributed by atoms with van der Waals surface area (Å²) in [6.45, 7) is 4.81. The van der Waals surface area contributed by atoms with Crippen molar-refractivity contribution in [2.24, 2.45) is 7.05 Å². The first kappa shape index (κ1) is 25.9. The van der Waals surface area contributed by atoms with Gasteiger partial charge in [-0.05, 0) is 74.3 Å². The molecule has 6 heteroatoms. The van der Waals surface area contributed by atoms with E-state index in [-0.39, 0.29) is 18.1 Å². The molecule has 1 N–H and O–H groups in total. The highest BCUT2D eigenvalue weighted by Crippen LogP contribution is 2.26. The predicted molar refractivity (Wildman–Crippen MR) is 150 cm³/mol. The molecule has 2 atom stereocenters. The first-order chi connectivity index (χ1) is 18.5. The minimum atomic E-state index is -0.0847. The van der Waals surface area contributed by atoms with Crippen molar-refractivity contribution in [2.45, 2.75) is 64.7 Å². The van der Waals surface area contributed by atoms with E-state index < -0.39 is 0 Å². The molecule has 4 aromatic rings. The van der Waals surface area contributed by atoms with Crippen LogP contribution < -0.4 is 5.32 Å². The third kappa shape index (κ3) is 6.20. The van der Waals surface area contributed by atoms with Crippen molar-refractivity contribution in [1.29, 1.82) is 0 Å². The normalized spacial score (nSPS) is 17.0. The lowest BCUT2D eigenvalue weighted by atomic mass is 9.99. The number of aryl methyl sites for hydroxylation is 5. The van der Waals surface area contributed by atoms with Crippen molar-refractivity contribution in [3.8, 4) is 11.1 Å². The largest absolute Gasteiger partial charge is 0.371 e. The van der Waals surface area contributed by atoms with Gasteiger partial charge in [-0.25, -0.2) is 0 Å². The van der Waals surface area contributed by atoms with Gasteiger partial charge in [0.25, 0.3) is 5.91 Å². The predicted octanol–water partition coefficient (Wildman–Crippen LogP) is 5.75. The Morgan fingerprint density at radius 3 is 2.58 bits per heavy atom. The van der Waals surface area contributed by atoms with Crippen LogP contribution in [0.5, 0.6) is 0 Å². The first-order valence-corrected chi connectivity index (χ1v) is 13.5. The molecule has 0 unspecified atom stereocenters. The number of aromatic nitrogens is 3. The topological polar surface area (TPSA) is 69.0 Å². The monoisotopic (exact) mass is 508 g/mol. The van der Waals surface area contributed by atoms with Gasteiger partial charge in [0, 0.05) is 30.6 Å². The Balaban J connectivity index is 1.34. The highest BCUT2D eigenvalue weighted by atomic mass is 16.5. The van der Waals surface area contributed by atoms with Crippen molar-refractivity contribution in [3.63, 3.8) is 0 Å². The first-order valence-electron chi connectivity index (χ1n) is 13.5. The van der Waals surface area contributed by atoms with Gasteiger partial charge in [0.15, 0.2) is 0 Å². The molecule has 0 saturated heterocycles. The zero-order chi connectivity index (χ0) is 26.5. The number of pyridine rings is 1. The summed E-state index contributed by atoms with van der Waals surface area (Å²) in [5.41, 5.74) is 8.24. The van der Waals surface area contributed by atoms with Crippen LogP contribution in [0, 0.1) is 13.8 Å². The van der Waals surface area contributed by atoms with Crippen LogP contribution in [-0.2, 0) is 31.2 Å². The van der Waals surface area contributed by atoms with Crippen molar-refractivity contribution in [1.82, 2.24) is 20.1 Å². The summed E-state index contributed by atoms with van der Waals surface area (Å²) in [6.07, 6.45) is 10.0. The highest BCUT2D eigenvalue weighted by Gasteiger charge is 2.30. The van der Waals surface area contributed by atoms with Crippen LogP contribution in [0.15, 0.2) is 73.2 Å². The van der Waals surface area contributed by atoms with Gasteiger partial charge in [-0.15, -0.1) is 0 Å². The molecule has 1 amide bonds. The molecule has 1 fully saturated rings. The van der Waals surface area contributed by atoms with E-state index in [0.29, 0.717) is 18.6 Å². The van der Waals surface area contributed by atoms with Crippen molar-refractivity contribution in [2.75, 3.05) is 0 Å². The standard InChI is InChI=1S/C32H36N4O2/c1-22-12-13-24(16-23(22)2)14-15-29-28(17-26(18-33-29)27-19-34-36(3)20-27)32(37)35-30-10-7-11-31(30)38-21-25-8-5-4-6-9-25/h4-6,8-9,12-13,16-20,30-31H,7,10-11,14-15,21H2,1-3H3,(H,35,37)/t30-,31-/m0/s1. The van der Waals surface area contributed by atoms with E-state index in [1.807, 2.05) is 43.7 Å². The van der Waals surface area contributed by atoms with E-state index in [4.69, 9.17) is 9.72 Å². The number of carbonyl (C=O) groups is 1. The molecule has 2 aromatic heterocycles. The molecule has 0 bridgehead atoms. The van der Waals surface area contributed by atoms with Gasteiger partial charge in [-0.2, -0.15) is 5.10 Å². The molecule has 1 aliphatic rings. The number of rotatable bonds is 9. The second-order valence-electron chi connectivity index (χ2n) is 10.4. The molecule has 1 saturated carbocycles. The molecule has 6 nitrogen and oxygen atoms in total. The summed E-state index contributed by atoms with van der Waals surface area (Å²) >= 11 is 0. The Morgan fingerprint density at radius 1 is 0.974 bits per heavy atom. The number of ether oxygens (including phenoxy) is 1. The maximum atomic E-state index is 13.7. The quantitative estimate of drug-likeness (QED) is 0.312. The zero-order valence-electron chi connectivity index (χ0n) is 22.5. The van der Waals surface area contributed by atoms with Crippen LogP contribution in [-0.4, -0.2) is 32.8 Å². The number of hydrogen-bond acceptors (Lipinski definition) is 4. The molecule has 38 heavy (non-hydrogen) atoms. The Bertz CT molecular complexity index is 1400. The zero-order valence-corrected chi connectivity index (χ0v) is 22.5. The Kier molecular flexibility index (Phi) is 7.99. The van der Waals surface area contributed by atoms with Gasteiger partial charge in [-0.3, -0.25) is 14.5 Å². The molecule has 2 heterocycles. The van der Waals surface area contributed by atoms with Gasteiger partial charge in [-0.1, -0.05) is 48.5 Å². The summed E-state index contributed by atoms with van der Waals surface area (Å²) in [7, 11) is 1.89. The Hall–Kier alpha value is -3.77. The molecule has 5 rings (SSSR count). The smallest absolute Gasteiger partial charge is 0.253 e. The van der Waals surface area contributed by atoms with E-state index in [1.165, 1.54) is 16.7 Å². The summed E-state index contributed by atoms with van der Waals surface area (Å²) in [5, 5.41) is 7.59. The van der Waals surface area contributed by atoms with Crippen LogP contribution in [0.1, 0.15) is 57.6 Å². The molecule has 0 spiro atoms. The lowest BCUT2D eigenvalue weighted by Gasteiger charge is -2.22. The van der Waals surface area contributed by atoms with Crippen molar-refractivity contribution < 1.29 is 9.53 Å². The molecular formula is C32H36N4O2. The fourth-order valence-corrected chi connectivity index (χ4v) is 5.15. The van der Waals surface area contributed by atoms with Crippen LogP contribution in [0.3, 0.4) is 0 Å². The lowest BCUT2D eigenvalue weighted by molar-refractivity contribution is 0.0272. The second-order valence-corrected chi connectivity index (χ2v) is 10.4. The number of nitrogens with one attached hydrogen (secondary N) is 1. The minimum absolute atomic E-state index is 0.00704. The van der Waals surface area contributed by atoms with E-state index in [0.717, 1.165) is 48.1 Å². The molecule has 196 valence electrons. The average Bonchev–Trinajstić information content (AvgIpc) is 3.57. The van der Waals surface area contributed by atoms with Gasteiger partial charge in [0.05, 0.1) is 36.2 Å². The minimum Gasteiger partial charge on any atom is -0.371 e. The summed E-state index contributed by atoms with van der Waals surface area (Å²) in [6, 6.07) is 18.7. The summed E-state index contributed by atoms with van der Waals surface area (Å²) in [4.78, 5) is 18.5. The third-order valence-electron chi connectivity index (χ3n) is 7.55. The SMILES string of the molecule is Cc1ccc(CCc2ncc(-c3cnn(C)c3)cc2C(=O)N[C@H]2CCC[C@@H]2OCc2ccccc2)cc1C. The fraction of sp³-hybridized carbons (Fsp3) is 0.344. The van der Waals surface area contributed by atoms with Crippen LogP contribution >= 0.6 is 0 Å². The fourth-order valence-electron chi connectivity index (χ4n) is 5.15. The molecule has 0 aliphatic heterocycles. The Labute approximate surface area is 225 Å². The van der Waals surface area contributed by atoms with Gasteiger partial charge in [0.1, 0.15) is 0 Å². The molecular weight excluding hydrogens is 472 g/mol. The van der Waals surface area contributed by atoms with Gasteiger partial charge >= 0.3 is 0 Å². The maximum absolute atomic E-state index is 13.7. The average molecular weight is 509 g/mol. The van der Waals surface area contributed by atoms with Crippen LogP contribution in [0.4, 0.5) is 0 Å². The summed E-state index contributed by atoms with van der Waals surface area (Å²) in [5.74, 6) is -0.0847. The van der Waals surface area contributed by atoms with Gasteiger partial charge < -0.3 is 10.1 Å². The Morgan fingerprint density at radius 2 is 1.82 bits per heavy atom. The van der Waals surface area contributed by atoms with E-state index in [9.17, 15) is 4.79 Å². The van der Waals surface area contributed by atoms with Crippen LogP contribution in [0.2, 0.25) is 0 Å². The number of amides is 1. The number of hydrogen-bond donors (Lipinski definition) is 1. The van der Waals surface area contributed by atoms with Crippen molar-refractivity contribution in [3.05, 3.63) is 107 Å². The van der Waals surface area contributed by atoms with E-state index in [1.54, 1.807) is 10.9 Å². The van der Waals surface area contributed by atoms with Crippen LogP contribution in [0.25, 0.3) is 11.1 Å². The highest BCUT2D eigenvalue weighted by molar-refractivity contribution is 5.96. The molecule has 2 aromatic carbocycles. The lowest BCUT2D eigenvalue weighted by Crippen LogP contribution is -2.41. The molecule has 1 aliphatic carbocycles. The van der Waals surface area contributed by atoms with E-state index >= 15 is 0 Å². The third-order valence-corrected chi connectivity index (χ3v) is 7.55. The second kappa shape index (κ2) is 11.7. The van der Waals surface area contributed by atoms with Gasteiger partial charge in [0.2, 0.25) is 0 Å². The maximum Gasteiger partial charge on any atom is 0.253 e. The van der Waals surface area contributed by atoms with Crippen molar-refractivity contribution >= 4 is 5.91 Å². The summed E-state index contributed by atoms with van der Waals surface area (Å²) < 4.78 is 8.01. The number of nitrogens with zero attached hydrogens (tertiary/aromatic N) is 3. The molecule has 0 radical (unpaired) electrons. The number of carbonyl (C=O) groups excluding carboxylic acids is 1. The van der Waals surface area contributed by atoms with E-state index in [2.05, 4.69) is 54.6 Å². The number of benzene rings is 2.